The molecule has 1 aromatic heterocycles. The Morgan fingerprint density at radius 1 is 1.21 bits per heavy atom. The summed E-state index contributed by atoms with van der Waals surface area (Å²) in [6.07, 6.45) is 2.00. The smallest absolute Gasteiger partial charge is 0.271 e. The van der Waals surface area contributed by atoms with Gasteiger partial charge >= 0.3 is 0 Å². The van der Waals surface area contributed by atoms with Crippen LogP contribution in [0.25, 0.3) is 0 Å². The van der Waals surface area contributed by atoms with Crippen LogP contribution < -0.4 is 10.6 Å². The first-order chi connectivity index (χ1) is 13.5. The number of hydrogen-bond acceptors (Lipinski definition) is 4. The molecule has 3 N–H and O–H groups in total. The number of carbonyl (C=O) groups is 2. The number of nitrogens with zero attached hydrogens (tertiary/aromatic N) is 2. The van der Waals surface area contributed by atoms with Gasteiger partial charge in [0.25, 0.3) is 11.8 Å². The van der Waals surface area contributed by atoms with E-state index in [0.717, 1.165) is 24.8 Å². The summed E-state index contributed by atoms with van der Waals surface area (Å²) in [6.45, 7) is 2.03. The van der Waals surface area contributed by atoms with Gasteiger partial charge in [0.15, 0.2) is 5.69 Å². The van der Waals surface area contributed by atoms with Crippen molar-refractivity contribution in [3.8, 4) is 0 Å². The minimum absolute atomic E-state index is 0.111. The summed E-state index contributed by atoms with van der Waals surface area (Å²) >= 11 is 0. The molecule has 0 bridgehead atoms. The second-order valence-electron chi connectivity index (χ2n) is 7.73. The molecule has 2 fully saturated rings. The molecule has 1 aromatic carbocycles. The predicted octanol–water partition coefficient (Wildman–Crippen LogP) is 1.74. The van der Waals surface area contributed by atoms with E-state index in [0.29, 0.717) is 17.5 Å². The molecule has 1 heterocycles. The zero-order chi connectivity index (χ0) is 19.8. The molecule has 0 saturated heterocycles. The van der Waals surface area contributed by atoms with E-state index in [1.54, 1.807) is 17.8 Å². The fourth-order valence-corrected chi connectivity index (χ4v) is 4.52. The van der Waals surface area contributed by atoms with Gasteiger partial charge in [-0.05, 0) is 36.7 Å². The fourth-order valence-electron chi connectivity index (χ4n) is 4.52. The van der Waals surface area contributed by atoms with Crippen molar-refractivity contribution in [1.29, 1.82) is 0 Å². The molecule has 2 aliphatic rings. The minimum atomic E-state index is -0.317. The highest BCUT2D eigenvalue weighted by atomic mass is 16.3. The number of hydrogen-bond donors (Lipinski definition) is 3. The summed E-state index contributed by atoms with van der Waals surface area (Å²) in [6, 6.07) is 11.4. The zero-order valence-corrected chi connectivity index (χ0v) is 16.1. The van der Waals surface area contributed by atoms with Gasteiger partial charge in [-0.1, -0.05) is 37.3 Å². The highest BCUT2D eigenvalue weighted by Gasteiger charge is 2.56. The van der Waals surface area contributed by atoms with Gasteiger partial charge in [0.05, 0.1) is 12.1 Å². The van der Waals surface area contributed by atoms with E-state index >= 15 is 0 Å². The zero-order valence-electron chi connectivity index (χ0n) is 16.1. The average molecular weight is 382 g/mol. The summed E-state index contributed by atoms with van der Waals surface area (Å²) in [4.78, 5) is 25.2. The lowest BCUT2D eigenvalue weighted by molar-refractivity contribution is 0.0922. The number of amides is 2. The van der Waals surface area contributed by atoms with Crippen LogP contribution in [0.2, 0.25) is 0 Å². The number of aliphatic hydroxyl groups excluding tert-OH is 1. The average Bonchev–Trinajstić information content (AvgIpc) is 3.06. The highest BCUT2D eigenvalue weighted by molar-refractivity contribution is 5.98. The Morgan fingerprint density at radius 2 is 1.89 bits per heavy atom. The van der Waals surface area contributed by atoms with Gasteiger partial charge in [-0.3, -0.25) is 14.3 Å². The van der Waals surface area contributed by atoms with Crippen molar-refractivity contribution >= 4 is 11.8 Å². The van der Waals surface area contributed by atoms with E-state index in [4.69, 9.17) is 0 Å². The van der Waals surface area contributed by atoms with Crippen molar-refractivity contribution in [3.63, 3.8) is 0 Å². The van der Waals surface area contributed by atoms with Gasteiger partial charge in [-0.25, -0.2) is 0 Å². The first-order valence-corrected chi connectivity index (χ1v) is 9.89. The molecule has 148 valence electrons. The normalized spacial score (nSPS) is 26.4. The maximum absolute atomic E-state index is 13.0. The third-order valence-electron chi connectivity index (χ3n) is 6.01. The van der Waals surface area contributed by atoms with Gasteiger partial charge in [0.2, 0.25) is 0 Å². The molecule has 7 nitrogen and oxygen atoms in total. The highest BCUT2D eigenvalue weighted by Crippen LogP contribution is 2.52. The van der Waals surface area contributed by atoms with Crippen molar-refractivity contribution < 1.29 is 14.7 Å². The Hall–Kier alpha value is -2.67. The van der Waals surface area contributed by atoms with Gasteiger partial charge in [-0.2, -0.15) is 5.10 Å². The molecule has 0 radical (unpaired) electrons. The van der Waals surface area contributed by atoms with Crippen LogP contribution in [0.4, 0.5) is 0 Å². The Kier molecular flexibility index (Phi) is 4.93. The van der Waals surface area contributed by atoms with Crippen LogP contribution in [0.3, 0.4) is 0 Å². The van der Waals surface area contributed by atoms with Crippen LogP contribution in [0.5, 0.6) is 0 Å². The summed E-state index contributed by atoms with van der Waals surface area (Å²) in [5.74, 6) is 0.197. The predicted molar refractivity (Wildman–Crippen MR) is 104 cm³/mol. The molecule has 2 amide bonds. The number of benzene rings is 1. The lowest BCUT2D eigenvalue weighted by Crippen LogP contribution is -2.32. The van der Waals surface area contributed by atoms with Crippen molar-refractivity contribution in [3.05, 3.63) is 53.3 Å². The monoisotopic (exact) mass is 382 g/mol. The number of aromatic nitrogens is 2. The summed E-state index contributed by atoms with van der Waals surface area (Å²) in [7, 11) is 1.55. The van der Waals surface area contributed by atoms with Crippen LogP contribution in [-0.4, -0.2) is 45.9 Å². The molecule has 28 heavy (non-hydrogen) atoms. The van der Waals surface area contributed by atoms with E-state index in [9.17, 15) is 14.7 Å². The van der Waals surface area contributed by atoms with E-state index < -0.39 is 0 Å². The summed E-state index contributed by atoms with van der Waals surface area (Å²) < 4.78 is 1.67. The molecule has 2 unspecified atom stereocenters. The van der Waals surface area contributed by atoms with Crippen LogP contribution in [0.1, 0.15) is 58.8 Å². The van der Waals surface area contributed by atoms with Crippen molar-refractivity contribution in [2.45, 2.75) is 44.4 Å². The third kappa shape index (κ3) is 3.30. The van der Waals surface area contributed by atoms with Gasteiger partial charge < -0.3 is 15.7 Å². The van der Waals surface area contributed by atoms with Crippen LogP contribution in [-0.2, 0) is 0 Å². The van der Waals surface area contributed by atoms with Gasteiger partial charge in [-0.15, -0.1) is 0 Å². The largest absolute Gasteiger partial charge is 0.393 e. The van der Waals surface area contributed by atoms with E-state index in [1.165, 1.54) is 0 Å². The maximum atomic E-state index is 13.0. The Balaban J connectivity index is 1.62. The Labute approximate surface area is 164 Å². The molecule has 0 aliphatic heterocycles. The molecule has 4 rings (SSSR count). The molecule has 5 atom stereocenters. The molecule has 2 saturated carbocycles. The Bertz CT molecular complexity index is 867. The molecule has 7 heteroatoms. The van der Waals surface area contributed by atoms with Crippen molar-refractivity contribution in [2.75, 3.05) is 7.05 Å². The van der Waals surface area contributed by atoms with Crippen molar-refractivity contribution in [2.24, 2.45) is 11.8 Å². The minimum Gasteiger partial charge on any atom is -0.393 e. The van der Waals surface area contributed by atoms with Gasteiger partial charge in [0.1, 0.15) is 5.69 Å². The number of rotatable bonds is 6. The second kappa shape index (κ2) is 7.39. The second-order valence-corrected chi connectivity index (χ2v) is 7.73. The quantitative estimate of drug-likeness (QED) is 0.709. The summed E-state index contributed by atoms with van der Waals surface area (Å²) in [5.41, 5.74) is 1.66. The third-order valence-corrected chi connectivity index (χ3v) is 6.01. The van der Waals surface area contributed by atoms with E-state index in [-0.39, 0.29) is 35.7 Å². The number of nitrogens with one attached hydrogen (secondary N) is 2. The van der Waals surface area contributed by atoms with Crippen LogP contribution in [0, 0.1) is 11.8 Å². The number of fused-ring (bicyclic) bond motifs is 1. The first-order valence-electron chi connectivity index (χ1n) is 9.89. The molecule has 2 aromatic rings. The standard InChI is InChI=1S/C21H26N4O3/c1-3-17(12-7-5-4-6-8-12)25-18(11-16(24-25)20(27)22-2)21(28)23-19-14-9-13(26)10-15(14)19/h4-8,11,13-15,17,19,26H,3,9-10H2,1-2H3,(H,22,27)(H,23,28)/t13?,14-,15+,17-,19?/m0/s1. The van der Waals surface area contributed by atoms with E-state index in [1.807, 2.05) is 37.3 Å². The molecular weight excluding hydrogens is 356 g/mol. The SMILES string of the molecule is CC[C@@H](c1ccccc1)n1nc(C(=O)NC)cc1C(=O)NC1[C@H]2CC(O)C[C@@H]12. The number of carbonyl (C=O) groups excluding carboxylic acids is 2. The van der Waals surface area contributed by atoms with Crippen LogP contribution in [0.15, 0.2) is 36.4 Å². The topological polar surface area (TPSA) is 96.2 Å². The van der Waals surface area contributed by atoms with Crippen LogP contribution >= 0.6 is 0 Å². The first kappa shape index (κ1) is 18.7. The molecular formula is C21H26N4O3. The van der Waals surface area contributed by atoms with Crippen molar-refractivity contribution in [1.82, 2.24) is 20.4 Å². The molecule has 0 spiro atoms. The van der Waals surface area contributed by atoms with E-state index in [2.05, 4.69) is 15.7 Å². The fraction of sp³-hybridized carbons (Fsp3) is 0.476. The lowest BCUT2D eigenvalue weighted by Gasteiger charge is -2.19. The maximum Gasteiger partial charge on any atom is 0.271 e. The number of aliphatic hydroxyl groups is 1. The Morgan fingerprint density at radius 3 is 2.50 bits per heavy atom. The lowest BCUT2D eigenvalue weighted by atomic mass is 10.0. The van der Waals surface area contributed by atoms with Gasteiger partial charge in [0, 0.05) is 19.2 Å². The summed E-state index contributed by atoms with van der Waals surface area (Å²) in [5, 5.41) is 19.8. The molecule has 2 aliphatic carbocycles.